The third-order valence-electron chi connectivity index (χ3n) is 10.7. The molecule has 3 saturated carbocycles. The fourth-order valence-electron chi connectivity index (χ4n) is 9.15. The van der Waals surface area contributed by atoms with E-state index >= 15 is 0 Å². The van der Waals surface area contributed by atoms with Crippen molar-refractivity contribution in [2.24, 2.45) is 46.3 Å². The third-order valence-corrected chi connectivity index (χ3v) is 11.7. The quantitative estimate of drug-likeness (QED) is 0.283. The molecule has 8 atom stereocenters. The van der Waals surface area contributed by atoms with E-state index in [9.17, 15) is 0 Å². The summed E-state index contributed by atoms with van der Waals surface area (Å²) in [7, 11) is -0.930. The molecule has 178 valence electrons. The number of allylic oxidation sites excluding steroid dienone is 1. The lowest BCUT2D eigenvalue weighted by atomic mass is 9.47. The van der Waals surface area contributed by atoms with E-state index in [-0.39, 0.29) is 0 Å². The maximum absolute atomic E-state index is 6.39. The molecule has 0 heterocycles. The van der Waals surface area contributed by atoms with Crippen molar-refractivity contribution in [3.8, 4) is 0 Å². The van der Waals surface area contributed by atoms with Crippen molar-refractivity contribution < 1.29 is 4.43 Å². The fraction of sp³-hybridized carbons (Fsp3) is 0.931. The molecule has 0 aromatic heterocycles. The van der Waals surface area contributed by atoms with E-state index in [4.69, 9.17) is 4.43 Å². The lowest BCUT2D eigenvalue weighted by Crippen LogP contribution is -2.51. The SMILES string of the molecule is CC(C)CCC[C@@H](C)[C@H]1CC[C@H]2[C@@H]3CC=C4C[C@@H](O[SiH](C)C)CC[C@]4(C)[C@H]3CC[C@]12C. The maximum atomic E-state index is 6.39. The van der Waals surface area contributed by atoms with Crippen molar-refractivity contribution in [1.29, 1.82) is 0 Å². The Bertz CT molecular complexity index is 653. The molecular weight excluding hydrogens is 392 g/mol. The van der Waals surface area contributed by atoms with Gasteiger partial charge in [0, 0.05) is 6.10 Å². The van der Waals surface area contributed by atoms with Crippen LogP contribution in [0.5, 0.6) is 0 Å². The minimum absolute atomic E-state index is 0.476. The van der Waals surface area contributed by atoms with Crippen molar-refractivity contribution in [2.45, 2.75) is 124 Å². The van der Waals surface area contributed by atoms with Gasteiger partial charge in [-0.25, -0.2) is 0 Å². The molecule has 0 saturated heterocycles. The van der Waals surface area contributed by atoms with Crippen molar-refractivity contribution >= 4 is 9.04 Å². The Morgan fingerprint density at radius 2 is 1.77 bits per heavy atom. The normalized spacial score (nSPS) is 43.4. The first-order valence-corrected chi connectivity index (χ1v) is 16.8. The summed E-state index contributed by atoms with van der Waals surface area (Å²) < 4.78 is 6.39. The first-order valence-electron chi connectivity index (χ1n) is 14.0. The van der Waals surface area contributed by atoms with Crippen LogP contribution in [0.2, 0.25) is 13.1 Å². The van der Waals surface area contributed by atoms with Gasteiger partial charge in [0.1, 0.15) is 0 Å². The Morgan fingerprint density at radius 1 is 1.00 bits per heavy atom. The molecule has 0 aliphatic heterocycles. The molecule has 4 rings (SSSR count). The van der Waals surface area contributed by atoms with Crippen molar-refractivity contribution in [3.63, 3.8) is 0 Å². The summed E-state index contributed by atoms with van der Waals surface area (Å²) in [6, 6.07) is 0. The molecule has 4 aliphatic rings. The van der Waals surface area contributed by atoms with Crippen LogP contribution in [0.15, 0.2) is 11.6 Å². The van der Waals surface area contributed by atoms with E-state index in [2.05, 4.69) is 53.8 Å². The largest absolute Gasteiger partial charge is 0.417 e. The average molecular weight is 445 g/mol. The number of hydrogen-bond acceptors (Lipinski definition) is 1. The summed E-state index contributed by atoms with van der Waals surface area (Å²) in [6.07, 6.45) is 18.9. The first kappa shape index (κ1) is 24.1. The number of hydrogen-bond donors (Lipinski definition) is 0. The Labute approximate surface area is 195 Å². The zero-order chi connectivity index (χ0) is 22.4. The second-order valence-electron chi connectivity index (χ2n) is 13.3. The van der Waals surface area contributed by atoms with Gasteiger partial charge in [-0.15, -0.1) is 0 Å². The minimum atomic E-state index is -0.930. The molecule has 3 fully saturated rings. The fourth-order valence-corrected chi connectivity index (χ4v) is 10.2. The van der Waals surface area contributed by atoms with Crippen LogP contribution < -0.4 is 0 Å². The third kappa shape index (κ3) is 4.51. The van der Waals surface area contributed by atoms with Crippen LogP contribution in [0, 0.1) is 46.3 Å². The molecule has 0 amide bonds. The first-order chi connectivity index (χ1) is 14.6. The van der Waals surface area contributed by atoms with Crippen LogP contribution >= 0.6 is 0 Å². The lowest BCUT2D eigenvalue weighted by molar-refractivity contribution is -0.0560. The van der Waals surface area contributed by atoms with E-state index < -0.39 is 9.04 Å². The molecule has 31 heavy (non-hydrogen) atoms. The number of rotatable bonds is 7. The average Bonchev–Trinajstić information content (AvgIpc) is 3.05. The predicted octanol–water partition coefficient (Wildman–Crippen LogP) is 8.40. The van der Waals surface area contributed by atoms with Gasteiger partial charge in [0.25, 0.3) is 0 Å². The Hall–Kier alpha value is -0.0831. The van der Waals surface area contributed by atoms with E-state index in [0.29, 0.717) is 16.9 Å². The Balaban J connectivity index is 1.46. The van der Waals surface area contributed by atoms with E-state index in [1.165, 1.54) is 70.6 Å². The van der Waals surface area contributed by atoms with Gasteiger partial charge in [-0.05, 0) is 111 Å². The smallest absolute Gasteiger partial charge is 0.171 e. The van der Waals surface area contributed by atoms with Gasteiger partial charge in [-0.1, -0.05) is 65.5 Å². The topological polar surface area (TPSA) is 9.23 Å². The predicted molar refractivity (Wildman–Crippen MR) is 137 cm³/mol. The van der Waals surface area contributed by atoms with Gasteiger partial charge in [-0.3, -0.25) is 0 Å². The second kappa shape index (κ2) is 9.28. The van der Waals surface area contributed by atoms with Gasteiger partial charge < -0.3 is 4.43 Å². The highest BCUT2D eigenvalue weighted by Gasteiger charge is 2.59. The Kier molecular flexibility index (Phi) is 7.20. The molecular formula is C29H52OSi. The van der Waals surface area contributed by atoms with Crippen LogP contribution in [-0.4, -0.2) is 15.1 Å². The minimum Gasteiger partial charge on any atom is -0.417 e. The van der Waals surface area contributed by atoms with Gasteiger partial charge in [0.05, 0.1) is 0 Å². The van der Waals surface area contributed by atoms with E-state index in [1.54, 1.807) is 5.57 Å². The van der Waals surface area contributed by atoms with Crippen LogP contribution in [0.3, 0.4) is 0 Å². The van der Waals surface area contributed by atoms with Crippen molar-refractivity contribution in [3.05, 3.63) is 11.6 Å². The zero-order valence-corrected chi connectivity index (χ0v) is 23.0. The summed E-state index contributed by atoms with van der Waals surface area (Å²) >= 11 is 0. The highest BCUT2D eigenvalue weighted by atomic mass is 28.3. The molecule has 0 radical (unpaired) electrons. The molecule has 0 unspecified atom stereocenters. The highest BCUT2D eigenvalue weighted by molar-refractivity contribution is 6.48. The standard InChI is InChI=1S/C29H52OSi/c1-20(2)9-8-10-21(3)25-13-14-26-24-12-11-22-19-23(30-31(6)7)15-17-28(22,4)27(24)16-18-29(25,26)5/h11,20-21,23-27,31H,8-10,12-19H2,1-7H3/t21-,23+,24+,25-,26+,27+,28+,29-/m1/s1. The summed E-state index contributed by atoms with van der Waals surface area (Å²) in [6.45, 7) is 17.4. The molecule has 1 nitrogen and oxygen atoms in total. The number of fused-ring (bicyclic) bond motifs is 5. The molecule has 4 aliphatic carbocycles. The van der Waals surface area contributed by atoms with Crippen LogP contribution in [0.1, 0.15) is 105 Å². The maximum Gasteiger partial charge on any atom is 0.171 e. The molecule has 0 aromatic carbocycles. The van der Waals surface area contributed by atoms with Gasteiger partial charge in [0.15, 0.2) is 9.04 Å². The molecule has 0 N–H and O–H groups in total. The van der Waals surface area contributed by atoms with E-state index in [1.807, 2.05) is 0 Å². The van der Waals surface area contributed by atoms with Crippen LogP contribution in [0.25, 0.3) is 0 Å². The second-order valence-corrected chi connectivity index (χ2v) is 15.7. The molecule has 0 aromatic rings. The summed E-state index contributed by atoms with van der Waals surface area (Å²) in [5.41, 5.74) is 2.88. The highest BCUT2D eigenvalue weighted by Crippen LogP contribution is 2.67. The summed E-state index contributed by atoms with van der Waals surface area (Å²) in [5, 5.41) is 0. The molecule has 0 bridgehead atoms. The van der Waals surface area contributed by atoms with E-state index in [0.717, 1.165) is 35.5 Å². The molecule has 0 spiro atoms. The lowest BCUT2D eigenvalue weighted by Gasteiger charge is -2.58. The van der Waals surface area contributed by atoms with Gasteiger partial charge in [0.2, 0.25) is 0 Å². The van der Waals surface area contributed by atoms with Gasteiger partial charge >= 0.3 is 0 Å². The summed E-state index contributed by atoms with van der Waals surface area (Å²) in [5.74, 6) is 5.64. The monoisotopic (exact) mass is 444 g/mol. The molecule has 2 heteroatoms. The van der Waals surface area contributed by atoms with Crippen LogP contribution in [0.4, 0.5) is 0 Å². The Morgan fingerprint density at radius 3 is 2.48 bits per heavy atom. The van der Waals surface area contributed by atoms with Crippen molar-refractivity contribution in [2.75, 3.05) is 0 Å². The van der Waals surface area contributed by atoms with Gasteiger partial charge in [-0.2, -0.15) is 0 Å². The summed E-state index contributed by atoms with van der Waals surface area (Å²) in [4.78, 5) is 0. The van der Waals surface area contributed by atoms with Crippen LogP contribution in [-0.2, 0) is 4.43 Å². The van der Waals surface area contributed by atoms with Crippen molar-refractivity contribution in [1.82, 2.24) is 0 Å². The zero-order valence-electron chi connectivity index (χ0n) is 21.9.